The number of carbonyl (C=O) groups excluding carboxylic acids is 1. The Bertz CT molecular complexity index is 666. The number of phenolic OH excluding ortho intramolecular Hbond substituents is 1. The van der Waals surface area contributed by atoms with Crippen LogP contribution in [0.5, 0.6) is 5.75 Å². The first kappa shape index (κ1) is 16.0. The number of carbonyl (C=O) groups is 1. The summed E-state index contributed by atoms with van der Waals surface area (Å²) >= 11 is 1.64. The van der Waals surface area contributed by atoms with Crippen LogP contribution >= 0.6 is 11.3 Å². The third-order valence-corrected chi connectivity index (χ3v) is 5.18. The highest BCUT2D eigenvalue weighted by molar-refractivity contribution is 7.09. The summed E-state index contributed by atoms with van der Waals surface area (Å²) in [4.78, 5) is 18.7. The molecule has 1 unspecified atom stereocenters. The van der Waals surface area contributed by atoms with Crippen LogP contribution in [-0.2, 0) is 17.6 Å². The molecule has 4 nitrogen and oxygen atoms in total. The molecule has 1 aliphatic rings. The zero-order valence-corrected chi connectivity index (χ0v) is 14.2. The van der Waals surface area contributed by atoms with Crippen LogP contribution in [0.2, 0.25) is 0 Å². The van der Waals surface area contributed by atoms with E-state index in [0.29, 0.717) is 18.1 Å². The molecule has 0 radical (unpaired) electrons. The van der Waals surface area contributed by atoms with Crippen LogP contribution in [-0.4, -0.2) is 34.0 Å². The molecule has 1 atom stereocenters. The number of likely N-dealkylation sites (tertiary alicyclic amines) is 1. The standard InChI is InChI=1S/C18H22N2O2S/c1-13-19-16(12-23-13)4-7-18(22)20-9-8-15(11-20)10-14-2-5-17(21)6-3-14/h2-3,5-6,12,15,21H,4,7-11H2,1H3. The van der Waals surface area contributed by atoms with Gasteiger partial charge in [-0.05, 0) is 49.8 Å². The molecule has 1 fully saturated rings. The van der Waals surface area contributed by atoms with E-state index in [9.17, 15) is 9.90 Å². The van der Waals surface area contributed by atoms with Gasteiger partial charge in [0.05, 0.1) is 10.7 Å². The van der Waals surface area contributed by atoms with E-state index in [1.807, 2.05) is 29.3 Å². The Morgan fingerprint density at radius 3 is 2.87 bits per heavy atom. The van der Waals surface area contributed by atoms with E-state index < -0.39 is 0 Å². The molecule has 1 aromatic heterocycles. The van der Waals surface area contributed by atoms with Crippen LogP contribution < -0.4 is 0 Å². The lowest BCUT2D eigenvalue weighted by Gasteiger charge is -2.16. The summed E-state index contributed by atoms with van der Waals surface area (Å²) in [6, 6.07) is 7.38. The van der Waals surface area contributed by atoms with Gasteiger partial charge in [0.1, 0.15) is 5.75 Å². The number of thiazole rings is 1. The molecule has 0 bridgehead atoms. The number of hydrogen-bond donors (Lipinski definition) is 1. The maximum Gasteiger partial charge on any atom is 0.222 e. The summed E-state index contributed by atoms with van der Waals surface area (Å²) < 4.78 is 0. The summed E-state index contributed by atoms with van der Waals surface area (Å²) in [5, 5.41) is 12.4. The highest BCUT2D eigenvalue weighted by Gasteiger charge is 2.26. The molecule has 0 aliphatic carbocycles. The van der Waals surface area contributed by atoms with Gasteiger partial charge in [0.25, 0.3) is 0 Å². The Kier molecular flexibility index (Phi) is 4.96. The predicted molar refractivity (Wildman–Crippen MR) is 91.7 cm³/mol. The lowest BCUT2D eigenvalue weighted by atomic mass is 9.99. The number of rotatable bonds is 5. The minimum Gasteiger partial charge on any atom is -0.508 e. The van der Waals surface area contributed by atoms with E-state index in [0.717, 1.165) is 43.1 Å². The lowest BCUT2D eigenvalue weighted by Crippen LogP contribution is -2.29. The molecule has 1 amide bonds. The summed E-state index contributed by atoms with van der Waals surface area (Å²) in [5.74, 6) is 1.06. The van der Waals surface area contributed by atoms with E-state index in [1.165, 1.54) is 5.56 Å². The van der Waals surface area contributed by atoms with E-state index in [4.69, 9.17) is 0 Å². The number of amides is 1. The lowest BCUT2D eigenvalue weighted by molar-refractivity contribution is -0.130. The smallest absolute Gasteiger partial charge is 0.222 e. The first-order valence-corrected chi connectivity index (χ1v) is 8.95. The maximum atomic E-state index is 12.3. The van der Waals surface area contributed by atoms with E-state index in [2.05, 4.69) is 4.98 Å². The van der Waals surface area contributed by atoms with Gasteiger partial charge in [0.15, 0.2) is 0 Å². The van der Waals surface area contributed by atoms with Gasteiger partial charge in [-0.1, -0.05) is 12.1 Å². The highest BCUT2D eigenvalue weighted by atomic mass is 32.1. The monoisotopic (exact) mass is 330 g/mol. The number of phenols is 1. The number of aromatic hydroxyl groups is 1. The SMILES string of the molecule is Cc1nc(CCC(=O)N2CCC(Cc3ccc(O)cc3)C2)cs1. The second-order valence-corrected chi connectivity index (χ2v) is 7.29. The Hall–Kier alpha value is -1.88. The highest BCUT2D eigenvalue weighted by Crippen LogP contribution is 2.23. The van der Waals surface area contributed by atoms with Gasteiger partial charge in [-0.15, -0.1) is 11.3 Å². The Balaban J connectivity index is 1.46. The fourth-order valence-corrected chi connectivity index (χ4v) is 3.75. The predicted octanol–water partition coefficient (Wildman–Crippen LogP) is 3.18. The molecule has 1 saturated heterocycles. The van der Waals surface area contributed by atoms with Crippen LogP contribution in [0.1, 0.15) is 29.1 Å². The van der Waals surface area contributed by atoms with Gasteiger partial charge in [-0.3, -0.25) is 4.79 Å². The summed E-state index contributed by atoms with van der Waals surface area (Å²) in [5.41, 5.74) is 2.25. The van der Waals surface area contributed by atoms with Crippen LogP contribution in [0.15, 0.2) is 29.6 Å². The first-order chi connectivity index (χ1) is 11.1. The van der Waals surface area contributed by atoms with Gasteiger partial charge in [0, 0.05) is 24.9 Å². The van der Waals surface area contributed by atoms with E-state index in [1.54, 1.807) is 23.5 Å². The van der Waals surface area contributed by atoms with Crippen molar-refractivity contribution >= 4 is 17.2 Å². The van der Waals surface area contributed by atoms with Crippen LogP contribution in [0.25, 0.3) is 0 Å². The van der Waals surface area contributed by atoms with Gasteiger partial charge in [0.2, 0.25) is 5.91 Å². The van der Waals surface area contributed by atoms with Crippen molar-refractivity contribution in [3.63, 3.8) is 0 Å². The fourth-order valence-electron chi connectivity index (χ4n) is 3.11. The van der Waals surface area contributed by atoms with Crippen molar-refractivity contribution < 1.29 is 9.90 Å². The number of aryl methyl sites for hydroxylation is 2. The quantitative estimate of drug-likeness (QED) is 0.916. The third kappa shape index (κ3) is 4.32. The molecule has 23 heavy (non-hydrogen) atoms. The second kappa shape index (κ2) is 7.13. The van der Waals surface area contributed by atoms with Gasteiger partial charge in [-0.25, -0.2) is 4.98 Å². The molecule has 0 spiro atoms. The van der Waals surface area contributed by atoms with Gasteiger partial charge >= 0.3 is 0 Å². The van der Waals surface area contributed by atoms with Crippen molar-refractivity contribution in [3.05, 3.63) is 45.9 Å². The van der Waals surface area contributed by atoms with Crippen molar-refractivity contribution in [2.45, 2.75) is 32.6 Å². The van der Waals surface area contributed by atoms with Crippen molar-refractivity contribution in [1.82, 2.24) is 9.88 Å². The zero-order valence-electron chi connectivity index (χ0n) is 13.4. The molecule has 2 aromatic rings. The van der Waals surface area contributed by atoms with Crippen molar-refractivity contribution in [3.8, 4) is 5.75 Å². The fraction of sp³-hybridized carbons (Fsp3) is 0.444. The molecule has 1 aromatic carbocycles. The van der Waals surface area contributed by atoms with Gasteiger partial charge < -0.3 is 10.0 Å². The average Bonchev–Trinajstić information content (AvgIpc) is 3.16. The minimum atomic E-state index is 0.240. The molecule has 1 N–H and O–H groups in total. The Morgan fingerprint density at radius 1 is 1.39 bits per heavy atom. The molecule has 0 saturated carbocycles. The second-order valence-electron chi connectivity index (χ2n) is 6.22. The number of nitrogens with zero attached hydrogens (tertiary/aromatic N) is 2. The zero-order chi connectivity index (χ0) is 16.2. The average molecular weight is 330 g/mol. The molecule has 1 aliphatic heterocycles. The van der Waals surface area contributed by atoms with E-state index in [-0.39, 0.29) is 5.91 Å². The van der Waals surface area contributed by atoms with Crippen LogP contribution in [0, 0.1) is 12.8 Å². The number of hydrogen-bond acceptors (Lipinski definition) is 4. The summed E-state index contributed by atoms with van der Waals surface area (Å²) in [7, 11) is 0. The summed E-state index contributed by atoms with van der Waals surface area (Å²) in [6.07, 6.45) is 3.31. The van der Waals surface area contributed by atoms with Crippen molar-refractivity contribution in [2.75, 3.05) is 13.1 Å². The molecule has 122 valence electrons. The third-order valence-electron chi connectivity index (χ3n) is 4.36. The van der Waals surface area contributed by atoms with Crippen molar-refractivity contribution in [1.29, 1.82) is 0 Å². The van der Waals surface area contributed by atoms with E-state index >= 15 is 0 Å². The topological polar surface area (TPSA) is 53.4 Å². The molecule has 3 rings (SSSR count). The maximum absolute atomic E-state index is 12.3. The summed E-state index contributed by atoms with van der Waals surface area (Å²) in [6.45, 7) is 3.69. The first-order valence-electron chi connectivity index (χ1n) is 8.07. The van der Waals surface area contributed by atoms with Crippen LogP contribution in [0.3, 0.4) is 0 Å². The normalized spacial score (nSPS) is 17.6. The largest absolute Gasteiger partial charge is 0.508 e. The Morgan fingerprint density at radius 2 is 2.17 bits per heavy atom. The molecule has 5 heteroatoms. The van der Waals surface area contributed by atoms with Crippen LogP contribution in [0.4, 0.5) is 0 Å². The molecular weight excluding hydrogens is 308 g/mol. The number of aromatic nitrogens is 1. The molecular formula is C18H22N2O2S. The van der Waals surface area contributed by atoms with Crippen molar-refractivity contribution in [2.24, 2.45) is 5.92 Å². The minimum absolute atomic E-state index is 0.240. The number of benzene rings is 1. The van der Waals surface area contributed by atoms with Gasteiger partial charge in [-0.2, -0.15) is 0 Å². The Labute approximate surface area is 140 Å². The molecule has 2 heterocycles.